The van der Waals surface area contributed by atoms with Gasteiger partial charge in [-0.05, 0) is 43.4 Å². The van der Waals surface area contributed by atoms with Gasteiger partial charge in [0.15, 0.2) is 0 Å². The van der Waals surface area contributed by atoms with Gasteiger partial charge in [0, 0.05) is 29.1 Å². The van der Waals surface area contributed by atoms with Gasteiger partial charge in [0.1, 0.15) is 11.6 Å². The van der Waals surface area contributed by atoms with Gasteiger partial charge in [0.25, 0.3) is 5.91 Å². The molecule has 2 aromatic rings. The van der Waals surface area contributed by atoms with Crippen molar-refractivity contribution in [1.82, 2.24) is 10.3 Å². The lowest BCUT2D eigenvalue weighted by Gasteiger charge is -2.38. The van der Waals surface area contributed by atoms with Gasteiger partial charge in [0.2, 0.25) is 0 Å². The fourth-order valence-electron chi connectivity index (χ4n) is 3.14. The van der Waals surface area contributed by atoms with E-state index in [2.05, 4.69) is 10.3 Å². The standard InChI is InChI=1S/C19H20F2N2O2/c1-2-14-7-11(5-6-22-14)19(25)23-18(12-8-15(24)9-12)16-4-3-13(20)10-17(16)21/h3-7,10,12,15,18,24H,2,8-9H2,1H3,(H,23,25)/t12?,15?,18-/m1/s1. The fraction of sp³-hybridized carbons (Fsp3) is 0.368. The molecule has 1 heterocycles. The number of nitrogens with zero attached hydrogens (tertiary/aromatic N) is 1. The van der Waals surface area contributed by atoms with Gasteiger partial charge in [-0.1, -0.05) is 13.0 Å². The van der Waals surface area contributed by atoms with Crippen LogP contribution in [0.4, 0.5) is 8.78 Å². The van der Waals surface area contributed by atoms with Gasteiger partial charge in [0.05, 0.1) is 12.1 Å². The summed E-state index contributed by atoms with van der Waals surface area (Å²) in [6, 6.07) is 6.02. The number of aromatic nitrogens is 1. The number of aliphatic hydroxyl groups excluding tert-OH is 1. The third-order valence-corrected chi connectivity index (χ3v) is 4.65. The average Bonchev–Trinajstić information content (AvgIpc) is 2.57. The lowest BCUT2D eigenvalue weighted by molar-refractivity contribution is 0.0229. The van der Waals surface area contributed by atoms with E-state index in [-0.39, 0.29) is 17.4 Å². The summed E-state index contributed by atoms with van der Waals surface area (Å²) in [4.78, 5) is 16.8. The van der Waals surface area contributed by atoms with E-state index in [1.165, 1.54) is 12.1 Å². The molecule has 132 valence electrons. The minimum Gasteiger partial charge on any atom is -0.393 e. The second-order valence-electron chi connectivity index (χ2n) is 6.39. The van der Waals surface area contributed by atoms with Crippen molar-refractivity contribution in [3.63, 3.8) is 0 Å². The summed E-state index contributed by atoms with van der Waals surface area (Å²) in [5, 5.41) is 12.4. The Morgan fingerprint density at radius 1 is 1.32 bits per heavy atom. The summed E-state index contributed by atoms with van der Waals surface area (Å²) < 4.78 is 27.4. The van der Waals surface area contributed by atoms with Crippen LogP contribution in [0.25, 0.3) is 0 Å². The van der Waals surface area contributed by atoms with Crippen LogP contribution in [-0.4, -0.2) is 22.1 Å². The van der Waals surface area contributed by atoms with Crippen LogP contribution in [0.15, 0.2) is 36.5 Å². The molecule has 4 nitrogen and oxygen atoms in total. The SMILES string of the molecule is CCc1cc(C(=O)N[C@@H](c2ccc(F)cc2F)C2CC(O)C2)ccn1. The number of benzene rings is 1. The van der Waals surface area contributed by atoms with Gasteiger partial charge in [-0.25, -0.2) is 8.78 Å². The van der Waals surface area contributed by atoms with E-state index in [4.69, 9.17) is 0 Å². The third kappa shape index (κ3) is 3.85. The average molecular weight is 346 g/mol. The first-order valence-corrected chi connectivity index (χ1v) is 8.36. The highest BCUT2D eigenvalue weighted by atomic mass is 19.1. The Labute approximate surface area is 144 Å². The minimum atomic E-state index is -0.698. The van der Waals surface area contributed by atoms with Gasteiger partial charge < -0.3 is 10.4 Å². The molecule has 0 radical (unpaired) electrons. The van der Waals surface area contributed by atoms with E-state index >= 15 is 0 Å². The summed E-state index contributed by atoms with van der Waals surface area (Å²) in [7, 11) is 0. The highest BCUT2D eigenvalue weighted by Gasteiger charge is 2.37. The minimum absolute atomic E-state index is 0.0913. The van der Waals surface area contributed by atoms with Gasteiger partial charge >= 0.3 is 0 Å². The monoisotopic (exact) mass is 346 g/mol. The van der Waals surface area contributed by atoms with Crippen LogP contribution in [-0.2, 0) is 6.42 Å². The lowest BCUT2D eigenvalue weighted by atomic mass is 9.75. The number of aryl methyl sites for hydroxylation is 1. The molecular formula is C19H20F2N2O2. The predicted molar refractivity (Wildman–Crippen MR) is 88.9 cm³/mol. The molecule has 0 spiro atoms. The first-order chi connectivity index (χ1) is 12.0. The molecule has 0 bridgehead atoms. The normalized spacial score (nSPS) is 20.6. The van der Waals surface area contributed by atoms with E-state index in [9.17, 15) is 18.7 Å². The Bertz CT molecular complexity index is 776. The summed E-state index contributed by atoms with van der Waals surface area (Å²) in [6.07, 6.45) is 2.76. The topological polar surface area (TPSA) is 62.2 Å². The predicted octanol–water partition coefficient (Wildman–Crippen LogP) is 3.16. The molecule has 0 unspecified atom stereocenters. The molecule has 0 saturated heterocycles. The first-order valence-electron chi connectivity index (χ1n) is 8.36. The quantitative estimate of drug-likeness (QED) is 0.874. The number of aliphatic hydroxyl groups is 1. The van der Waals surface area contributed by atoms with Crippen molar-refractivity contribution in [2.24, 2.45) is 5.92 Å². The van der Waals surface area contributed by atoms with Gasteiger partial charge in [-0.3, -0.25) is 9.78 Å². The molecule has 25 heavy (non-hydrogen) atoms. The summed E-state index contributed by atoms with van der Waals surface area (Å²) in [5.74, 6) is -1.80. The van der Waals surface area contributed by atoms with Crippen LogP contribution in [0.2, 0.25) is 0 Å². The van der Waals surface area contributed by atoms with E-state index < -0.39 is 23.8 Å². The molecule has 1 fully saturated rings. The van der Waals surface area contributed by atoms with Crippen LogP contribution in [0.5, 0.6) is 0 Å². The number of rotatable bonds is 5. The molecule has 2 N–H and O–H groups in total. The zero-order valence-corrected chi connectivity index (χ0v) is 13.9. The Morgan fingerprint density at radius 3 is 2.72 bits per heavy atom. The maximum atomic E-state index is 14.2. The van der Waals surface area contributed by atoms with Crippen molar-refractivity contribution in [3.8, 4) is 0 Å². The smallest absolute Gasteiger partial charge is 0.251 e. The van der Waals surface area contributed by atoms with Crippen molar-refractivity contribution >= 4 is 5.91 Å². The van der Waals surface area contributed by atoms with Crippen molar-refractivity contribution in [1.29, 1.82) is 0 Å². The zero-order valence-electron chi connectivity index (χ0n) is 13.9. The van der Waals surface area contributed by atoms with E-state index in [1.54, 1.807) is 18.3 Å². The number of halogens is 2. The second-order valence-corrected chi connectivity index (χ2v) is 6.39. The molecular weight excluding hydrogens is 326 g/mol. The first kappa shape index (κ1) is 17.5. The highest BCUT2D eigenvalue weighted by molar-refractivity contribution is 5.94. The number of amides is 1. The molecule has 1 amide bonds. The fourth-order valence-corrected chi connectivity index (χ4v) is 3.14. The number of hydrogen-bond donors (Lipinski definition) is 2. The summed E-state index contributed by atoms with van der Waals surface area (Å²) >= 11 is 0. The van der Waals surface area contributed by atoms with Gasteiger partial charge in [-0.2, -0.15) is 0 Å². The van der Waals surface area contributed by atoms with Crippen LogP contribution in [0, 0.1) is 17.6 Å². The van der Waals surface area contributed by atoms with Crippen LogP contribution < -0.4 is 5.32 Å². The maximum Gasteiger partial charge on any atom is 0.251 e. The summed E-state index contributed by atoms with van der Waals surface area (Å²) in [5.41, 5.74) is 1.46. The van der Waals surface area contributed by atoms with Crippen molar-refractivity contribution < 1.29 is 18.7 Å². The highest BCUT2D eigenvalue weighted by Crippen LogP contribution is 2.39. The molecule has 6 heteroatoms. The zero-order chi connectivity index (χ0) is 18.0. The molecule has 0 aliphatic heterocycles. The largest absolute Gasteiger partial charge is 0.393 e. The van der Waals surface area contributed by atoms with Crippen molar-refractivity contribution in [2.45, 2.75) is 38.3 Å². The second kappa shape index (κ2) is 7.27. The van der Waals surface area contributed by atoms with Gasteiger partial charge in [-0.15, -0.1) is 0 Å². The van der Waals surface area contributed by atoms with E-state index in [0.717, 1.165) is 11.8 Å². The number of pyridine rings is 1. The number of carbonyl (C=O) groups excluding carboxylic acids is 1. The summed E-state index contributed by atoms with van der Waals surface area (Å²) in [6.45, 7) is 1.94. The molecule has 1 aromatic heterocycles. The Morgan fingerprint density at radius 2 is 2.08 bits per heavy atom. The Balaban J connectivity index is 1.86. The molecule has 1 aliphatic rings. The Hall–Kier alpha value is -2.34. The molecule has 1 atom stereocenters. The molecule has 1 aromatic carbocycles. The van der Waals surface area contributed by atoms with Crippen molar-refractivity contribution in [3.05, 3.63) is 65.0 Å². The molecule has 1 aliphatic carbocycles. The number of nitrogens with one attached hydrogen (secondary N) is 1. The maximum absolute atomic E-state index is 14.2. The lowest BCUT2D eigenvalue weighted by Crippen LogP contribution is -2.41. The third-order valence-electron chi connectivity index (χ3n) is 4.65. The van der Waals surface area contributed by atoms with Crippen LogP contribution in [0.3, 0.4) is 0 Å². The Kier molecular flexibility index (Phi) is 5.08. The van der Waals surface area contributed by atoms with E-state index in [0.29, 0.717) is 24.8 Å². The number of carbonyl (C=O) groups is 1. The van der Waals surface area contributed by atoms with E-state index in [1.807, 2.05) is 6.92 Å². The van der Waals surface area contributed by atoms with Crippen molar-refractivity contribution in [2.75, 3.05) is 0 Å². The molecule has 3 rings (SSSR count). The molecule has 1 saturated carbocycles. The van der Waals surface area contributed by atoms with Crippen LogP contribution >= 0.6 is 0 Å². The van der Waals surface area contributed by atoms with Crippen LogP contribution in [0.1, 0.15) is 47.4 Å². The number of hydrogen-bond acceptors (Lipinski definition) is 3.